The SMILES string of the molecule is CCNc1nc(NCC)nc(N/N=C/c2cc3ccc(C)cc3nc2Cl)n1. The van der Waals surface area contributed by atoms with Crippen LogP contribution in [0.15, 0.2) is 29.4 Å². The van der Waals surface area contributed by atoms with Crippen molar-refractivity contribution in [1.29, 1.82) is 0 Å². The smallest absolute Gasteiger partial charge is 0.250 e. The summed E-state index contributed by atoms with van der Waals surface area (Å²) in [5, 5.41) is 11.7. The van der Waals surface area contributed by atoms with Crippen molar-refractivity contribution in [2.75, 3.05) is 29.1 Å². The van der Waals surface area contributed by atoms with Crippen LogP contribution in [-0.2, 0) is 0 Å². The summed E-state index contributed by atoms with van der Waals surface area (Å²) in [6.07, 6.45) is 1.60. The Morgan fingerprint density at radius 3 is 2.30 bits per heavy atom. The lowest BCUT2D eigenvalue weighted by Gasteiger charge is -2.07. The van der Waals surface area contributed by atoms with Gasteiger partial charge < -0.3 is 10.6 Å². The van der Waals surface area contributed by atoms with Crippen molar-refractivity contribution in [2.24, 2.45) is 5.10 Å². The highest BCUT2D eigenvalue weighted by Gasteiger charge is 2.06. The molecule has 0 saturated heterocycles. The molecule has 3 aromatic rings. The normalized spacial score (nSPS) is 11.1. The second-order valence-corrected chi connectivity index (χ2v) is 6.16. The number of aromatic nitrogens is 4. The van der Waals surface area contributed by atoms with Gasteiger partial charge in [-0.3, -0.25) is 0 Å². The molecule has 3 rings (SSSR count). The van der Waals surface area contributed by atoms with Crippen LogP contribution in [0.1, 0.15) is 25.0 Å². The quantitative estimate of drug-likeness (QED) is 0.324. The maximum absolute atomic E-state index is 6.28. The molecule has 3 N–H and O–H groups in total. The number of hydrogen-bond acceptors (Lipinski definition) is 8. The first-order valence-corrected chi connectivity index (χ1v) is 9.06. The van der Waals surface area contributed by atoms with Crippen LogP contribution in [0.3, 0.4) is 0 Å². The van der Waals surface area contributed by atoms with Gasteiger partial charge in [-0.15, -0.1) is 0 Å². The molecule has 0 spiro atoms. The van der Waals surface area contributed by atoms with Crippen LogP contribution in [0.5, 0.6) is 0 Å². The minimum absolute atomic E-state index is 0.327. The number of halogens is 1. The van der Waals surface area contributed by atoms with Gasteiger partial charge in [-0.2, -0.15) is 20.1 Å². The van der Waals surface area contributed by atoms with Crippen LogP contribution in [0.4, 0.5) is 17.8 Å². The van der Waals surface area contributed by atoms with Crippen molar-refractivity contribution in [2.45, 2.75) is 20.8 Å². The Morgan fingerprint density at radius 2 is 1.63 bits per heavy atom. The van der Waals surface area contributed by atoms with E-state index in [1.807, 2.05) is 45.0 Å². The molecule has 0 atom stereocenters. The van der Waals surface area contributed by atoms with E-state index in [0.717, 1.165) is 16.5 Å². The Labute approximate surface area is 162 Å². The summed E-state index contributed by atoms with van der Waals surface area (Å²) in [7, 11) is 0. The fraction of sp³-hybridized carbons (Fsp3) is 0.278. The van der Waals surface area contributed by atoms with Crippen LogP contribution < -0.4 is 16.1 Å². The lowest BCUT2D eigenvalue weighted by molar-refractivity contribution is 0.992. The summed E-state index contributed by atoms with van der Waals surface area (Å²) in [6, 6.07) is 7.98. The van der Waals surface area contributed by atoms with Gasteiger partial charge in [0.1, 0.15) is 5.15 Å². The van der Waals surface area contributed by atoms with E-state index in [0.29, 0.717) is 41.7 Å². The van der Waals surface area contributed by atoms with Crippen LogP contribution in [0, 0.1) is 6.92 Å². The minimum Gasteiger partial charge on any atom is -0.354 e. The Morgan fingerprint density at radius 1 is 0.963 bits per heavy atom. The highest BCUT2D eigenvalue weighted by molar-refractivity contribution is 6.32. The average molecular weight is 385 g/mol. The number of aryl methyl sites for hydroxylation is 1. The Kier molecular flexibility index (Phi) is 5.97. The monoisotopic (exact) mass is 384 g/mol. The van der Waals surface area contributed by atoms with Crippen molar-refractivity contribution in [3.63, 3.8) is 0 Å². The third-order valence-electron chi connectivity index (χ3n) is 3.63. The summed E-state index contributed by atoms with van der Waals surface area (Å²) < 4.78 is 0. The van der Waals surface area contributed by atoms with Crippen molar-refractivity contribution in [1.82, 2.24) is 19.9 Å². The molecule has 0 aliphatic carbocycles. The van der Waals surface area contributed by atoms with Crippen molar-refractivity contribution in [3.05, 3.63) is 40.5 Å². The molecule has 27 heavy (non-hydrogen) atoms. The zero-order chi connectivity index (χ0) is 19.2. The van der Waals surface area contributed by atoms with Gasteiger partial charge in [0.15, 0.2) is 0 Å². The predicted octanol–water partition coefficient (Wildman–Crippen LogP) is 3.69. The molecule has 0 bridgehead atoms. The number of nitrogens with one attached hydrogen (secondary N) is 3. The van der Waals surface area contributed by atoms with Gasteiger partial charge in [-0.25, -0.2) is 10.4 Å². The van der Waals surface area contributed by atoms with Crippen molar-refractivity contribution < 1.29 is 0 Å². The first-order valence-electron chi connectivity index (χ1n) is 8.69. The summed E-state index contributed by atoms with van der Waals surface area (Å²) in [5.41, 5.74) is 5.51. The average Bonchev–Trinajstić information content (AvgIpc) is 2.63. The van der Waals surface area contributed by atoms with E-state index in [1.54, 1.807) is 6.21 Å². The van der Waals surface area contributed by atoms with Gasteiger partial charge in [-0.1, -0.05) is 23.7 Å². The van der Waals surface area contributed by atoms with Crippen LogP contribution in [0.25, 0.3) is 10.9 Å². The van der Waals surface area contributed by atoms with Crippen LogP contribution in [0.2, 0.25) is 5.15 Å². The molecule has 0 saturated carbocycles. The van der Waals surface area contributed by atoms with Gasteiger partial charge in [0, 0.05) is 24.0 Å². The first kappa shape index (κ1) is 18.8. The number of rotatable bonds is 7. The molecule has 0 fully saturated rings. The number of benzene rings is 1. The molecule has 2 heterocycles. The van der Waals surface area contributed by atoms with Gasteiger partial charge in [0.25, 0.3) is 0 Å². The Bertz CT molecular complexity index is 949. The maximum atomic E-state index is 6.28. The van der Waals surface area contributed by atoms with Gasteiger partial charge in [0.2, 0.25) is 17.8 Å². The lowest BCUT2D eigenvalue weighted by atomic mass is 10.1. The summed E-state index contributed by atoms with van der Waals surface area (Å²) in [5.74, 6) is 1.28. The third kappa shape index (κ3) is 4.79. The molecule has 0 amide bonds. The third-order valence-corrected chi connectivity index (χ3v) is 3.93. The van der Waals surface area contributed by atoms with E-state index >= 15 is 0 Å². The van der Waals surface area contributed by atoms with E-state index in [1.165, 1.54) is 0 Å². The van der Waals surface area contributed by atoms with E-state index in [9.17, 15) is 0 Å². The first-order chi connectivity index (χ1) is 13.1. The fourth-order valence-electron chi connectivity index (χ4n) is 2.42. The number of hydrazone groups is 1. The predicted molar refractivity (Wildman–Crippen MR) is 111 cm³/mol. The molecular formula is C18H21ClN8. The summed E-state index contributed by atoms with van der Waals surface area (Å²) >= 11 is 6.28. The molecule has 0 aliphatic rings. The highest BCUT2D eigenvalue weighted by Crippen LogP contribution is 2.20. The molecule has 0 unspecified atom stereocenters. The van der Waals surface area contributed by atoms with Crippen molar-refractivity contribution >= 4 is 46.6 Å². The highest BCUT2D eigenvalue weighted by atomic mass is 35.5. The van der Waals surface area contributed by atoms with E-state index < -0.39 is 0 Å². The van der Waals surface area contributed by atoms with E-state index in [2.05, 4.69) is 41.1 Å². The molecule has 2 aromatic heterocycles. The molecule has 8 nitrogen and oxygen atoms in total. The minimum atomic E-state index is 0.327. The van der Waals surface area contributed by atoms with E-state index in [-0.39, 0.29) is 0 Å². The number of anilines is 3. The Balaban J connectivity index is 1.81. The van der Waals surface area contributed by atoms with E-state index in [4.69, 9.17) is 11.6 Å². The molecule has 1 aromatic carbocycles. The number of nitrogens with zero attached hydrogens (tertiary/aromatic N) is 5. The summed E-state index contributed by atoms with van der Waals surface area (Å²) in [6.45, 7) is 7.37. The fourth-order valence-corrected chi connectivity index (χ4v) is 2.61. The largest absolute Gasteiger partial charge is 0.354 e. The second-order valence-electron chi connectivity index (χ2n) is 5.80. The zero-order valence-corrected chi connectivity index (χ0v) is 16.2. The molecule has 0 radical (unpaired) electrons. The van der Waals surface area contributed by atoms with Gasteiger partial charge in [-0.05, 0) is 38.5 Å². The standard InChI is InChI=1S/C18H21ClN8/c1-4-20-16-24-17(21-5-2)26-18(25-16)27-22-10-13-9-12-7-6-11(3)8-14(12)23-15(13)19/h6-10H,4-5H2,1-3H3,(H3,20,21,24,25,26,27)/b22-10+. The number of hydrogen-bond donors (Lipinski definition) is 3. The molecule has 0 aliphatic heterocycles. The summed E-state index contributed by atoms with van der Waals surface area (Å²) in [4.78, 5) is 17.2. The molecular weight excluding hydrogens is 364 g/mol. The van der Waals surface area contributed by atoms with Crippen LogP contribution in [-0.4, -0.2) is 39.2 Å². The zero-order valence-electron chi connectivity index (χ0n) is 15.4. The maximum Gasteiger partial charge on any atom is 0.250 e. The lowest BCUT2D eigenvalue weighted by Crippen LogP contribution is -2.10. The number of pyridine rings is 1. The number of fused-ring (bicyclic) bond motifs is 1. The topological polar surface area (TPSA) is 100 Å². The molecule has 9 heteroatoms. The Hall–Kier alpha value is -3.00. The van der Waals surface area contributed by atoms with Gasteiger partial charge in [0.05, 0.1) is 11.7 Å². The second kappa shape index (κ2) is 8.59. The molecule has 140 valence electrons. The van der Waals surface area contributed by atoms with Crippen LogP contribution >= 0.6 is 11.6 Å². The van der Waals surface area contributed by atoms with Gasteiger partial charge >= 0.3 is 0 Å². The van der Waals surface area contributed by atoms with Crippen molar-refractivity contribution in [3.8, 4) is 0 Å².